The number of nitrogen functional groups attached to an aromatic ring is 1. The average molecular weight is 283 g/mol. The Morgan fingerprint density at radius 1 is 1.54 bits per heavy atom. The lowest BCUT2D eigenvalue weighted by Crippen LogP contribution is -2.03. The molecule has 0 aliphatic rings. The minimum absolute atomic E-state index is 0.0849. The Bertz CT molecular complexity index is 354. The highest BCUT2D eigenvalue weighted by atomic mass is 79.9. The van der Waals surface area contributed by atoms with Crippen LogP contribution in [-0.4, -0.2) is 11.7 Å². The van der Waals surface area contributed by atoms with E-state index in [0.29, 0.717) is 20.7 Å². The van der Waals surface area contributed by atoms with E-state index in [0.717, 1.165) is 0 Å². The summed E-state index contributed by atoms with van der Waals surface area (Å²) in [6, 6.07) is 3.11. The van der Waals surface area contributed by atoms with Gasteiger partial charge >= 0.3 is 0 Å². The van der Waals surface area contributed by atoms with Crippen LogP contribution in [0.4, 0.5) is 5.69 Å². The van der Waals surface area contributed by atoms with E-state index in [4.69, 9.17) is 28.9 Å². The summed E-state index contributed by atoms with van der Waals surface area (Å²) in [7, 11) is 0. The molecule has 0 aromatic heterocycles. The summed E-state index contributed by atoms with van der Waals surface area (Å²) in [5.74, 6) is -0.291. The highest BCUT2D eigenvalue weighted by Gasteiger charge is 2.12. The van der Waals surface area contributed by atoms with E-state index in [2.05, 4.69) is 15.9 Å². The zero-order chi connectivity index (χ0) is 10.0. The van der Waals surface area contributed by atoms with Gasteiger partial charge in [0.1, 0.15) is 0 Å². The number of carbonyl (C=O) groups is 1. The molecule has 0 atom stereocenters. The SMILES string of the molecule is Nc1cc(Cl)c(Br)c(C(=O)CCl)c1. The molecular formula is C8H6BrCl2NO. The van der Waals surface area contributed by atoms with E-state index < -0.39 is 0 Å². The fourth-order valence-electron chi connectivity index (χ4n) is 0.885. The van der Waals surface area contributed by atoms with Crippen LogP contribution in [0.2, 0.25) is 5.02 Å². The third-order valence-corrected chi connectivity index (χ3v) is 3.10. The molecule has 0 saturated heterocycles. The number of Topliss-reactive ketones (excluding diaryl/α,β-unsaturated/α-hetero) is 1. The number of ketones is 1. The lowest BCUT2D eigenvalue weighted by molar-refractivity contribution is 0.102. The zero-order valence-electron chi connectivity index (χ0n) is 6.48. The van der Waals surface area contributed by atoms with Crippen molar-refractivity contribution >= 4 is 50.6 Å². The van der Waals surface area contributed by atoms with Gasteiger partial charge in [0.05, 0.1) is 10.9 Å². The van der Waals surface area contributed by atoms with E-state index in [9.17, 15) is 4.79 Å². The van der Waals surface area contributed by atoms with E-state index in [1.165, 1.54) is 0 Å². The molecule has 70 valence electrons. The number of rotatable bonds is 2. The fourth-order valence-corrected chi connectivity index (χ4v) is 1.71. The molecule has 0 unspecified atom stereocenters. The maximum atomic E-state index is 11.3. The first-order chi connectivity index (χ1) is 6.06. The van der Waals surface area contributed by atoms with Gasteiger partial charge in [-0.25, -0.2) is 0 Å². The first-order valence-electron chi connectivity index (χ1n) is 3.40. The molecule has 1 aromatic carbocycles. The fraction of sp³-hybridized carbons (Fsp3) is 0.125. The number of nitrogens with two attached hydrogens (primary N) is 1. The zero-order valence-corrected chi connectivity index (χ0v) is 9.58. The van der Waals surface area contributed by atoms with Crippen LogP contribution in [0.25, 0.3) is 0 Å². The predicted molar refractivity (Wildman–Crippen MR) is 58.6 cm³/mol. The third kappa shape index (κ3) is 2.36. The van der Waals surface area contributed by atoms with Gasteiger partial charge in [0.2, 0.25) is 0 Å². The Hall–Kier alpha value is -0.250. The largest absolute Gasteiger partial charge is 0.399 e. The number of alkyl halides is 1. The molecule has 0 amide bonds. The Morgan fingerprint density at radius 2 is 2.15 bits per heavy atom. The van der Waals surface area contributed by atoms with Crippen molar-refractivity contribution in [3.05, 3.63) is 27.2 Å². The maximum Gasteiger partial charge on any atom is 0.178 e. The molecule has 0 spiro atoms. The van der Waals surface area contributed by atoms with Crippen molar-refractivity contribution in [1.82, 2.24) is 0 Å². The molecule has 0 bridgehead atoms. The van der Waals surface area contributed by atoms with Gasteiger partial charge in [0.15, 0.2) is 5.78 Å². The minimum atomic E-state index is -0.206. The Kier molecular flexibility index (Phi) is 3.59. The first-order valence-corrected chi connectivity index (χ1v) is 5.10. The lowest BCUT2D eigenvalue weighted by Gasteiger charge is -2.04. The van der Waals surface area contributed by atoms with Gasteiger partial charge < -0.3 is 5.73 Å². The highest BCUT2D eigenvalue weighted by Crippen LogP contribution is 2.29. The summed E-state index contributed by atoms with van der Waals surface area (Å²) in [4.78, 5) is 11.3. The van der Waals surface area contributed by atoms with Gasteiger partial charge in [0.25, 0.3) is 0 Å². The summed E-state index contributed by atoms with van der Waals surface area (Å²) < 4.78 is 0.536. The van der Waals surface area contributed by atoms with E-state index in [1.807, 2.05) is 0 Å². The molecule has 1 aromatic rings. The molecule has 2 N–H and O–H groups in total. The molecule has 13 heavy (non-hydrogen) atoms. The number of hydrogen-bond acceptors (Lipinski definition) is 2. The van der Waals surface area contributed by atoms with Gasteiger partial charge in [-0.1, -0.05) is 11.6 Å². The number of benzene rings is 1. The van der Waals surface area contributed by atoms with Gasteiger partial charge in [-0.3, -0.25) is 4.79 Å². The van der Waals surface area contributed by atoms with Gasteiger partial charge in [0, 0.05) is 15.7 Å². The van der Waals surface area contributed by atoms with Gasteiger partial charge in [-0.05, 0) is 28.1 Å². The Balaban J connectivity index is 3.28. The van der Waals surface area contributed by atoms with Crippen molar-refractivity contribution in [2.24, 2.45) is 0 Å². The second-order valence-electron chi connectivity index (χ2n) is 2.42. The van der Waals surface area contributed by atoms with Crippen molar-refractivity contribution in [3.63, 3.8) is 0 Å². The molecule has 0 fully saturated rings. The normalized spacial score (nSPS) is 10.1. The van der Waals surface area contributed by atoms with Crippen molar-refractivity contribution in [3.8, 4) is 0 Å². The summed E-state index contributed by atoms with van der Waals surface area (Å²) >= 11 is 14.4. The molecule has 0 heterocycles. The molecule has 0 radical (unpaired) electrons. The van der Waals surface area contributed by atoms with Crippen LogP contribution >= 0.6 is 39.1 Å². The number of hydrogen-bond donors (Lipinski definition) is 1. The van der Waals surface area contributed by atoms with E-state index in [-0.39, 0.29) is 11.7 Å². The number of halogens is 3. The number of carbonyl (C=O) groups excluding carboxylic acids is 1. The monoisotopic (exact) mass is 281 g/mol. The second-order valence-corrected chi connectivity index (χ2v) is 3.89. The van der Waals surface area contributed by atoms with Crippen LogP contribution in [0.5, 0.6) is 0 Å². The molecular weight excluding hydrogens is 277 g/mol. The van der Waals surface area contributed by atoms with Crippen molar-refractivity contribution < 1.29 is 4.79 Å². The van der Waals surface area contributed by atoms with Crippen LogP contribution in [0.15, 0.2) is 16.6 Å². The van der Waals surface area contributed by atoms with Gasteiger partial charge in [-0.2, -0.15) is 0 Å². The lowest BCUT2D eigenvalue weighted by atomic mass is 10.1. The number of anilines is 1. The minimum Gasteiger partial charge on any atom is -0.399 e. The smallest absolute Gasteiger partial charge is 0.178 e. The summed E-state index contributed by atoms with van der Waals surface area (Å²) in [5, 5.41) is 0.411. The quantitative estimate of drug-likeness (QED) is 0.515. The van der Waals surface area contributed by atoms with Crippen molar-refractivity contribution in [2.75, 3.05) is 11.6 Å². The maximum absolute atomic E-state index is 11.3. The molecule has 0 saturated carbocycles. The molecule has 2 nitrogen and oxygen atoms in total. The Morgan fingerprint density at radius 3 is 2.69 bits per heavy atom. The second kappa shape index (κ2) is 4.31. The molecule has 0 aliphatic heterocycles. The van der Waals surface area contributed by atoms with E-state index >= 15 is 0 Å². The predicted octanol–water partition coefficient (Wildman–Crippen LogP) is 3.11. The van der Waals surface area contributed by atoms with Crippen LogP contribution in [0.3, 0.4) is 0 Å². The van der Waals surface area contributed by atoms with E-state index in [1.54, 1.807) is 12.1 Å². The summed E-state index contributed by atoms with van der Waals surface area (Å²) in [6.07, 6.45) is 0. The average Bonchev–Trinajstić information content (AvgIpc) is 2.10. The first kappa shape index (κ1) is 10.8. The molecule has 0 aliphatic carbocycles. The van der Waals surface area contributed by atoms with Crippen LogP contribution in [0.1, 0.15) is 10.4 Å². The van der Waals surface area contributed by atoms with Crippen LogP contribution in [-0.2, 0) is 0 Å². The third-order valence-electron chi connectivity index (χ3n) is 1.47. The topological polar surface area (TPSA) is 43.1 Å². The van der Waals surface area contributed by atoms with Crippen LogP contribution < -0.4 is 5.73 Å². The molecule has 1 rings (SSSR count). The summed E-state index contributed by atoms with van der Waals surface area (Å²) in [5.41, 5.74) is 6.38. The van der Waals surface area contributed by atoms with Crippen molar-refractivity contribution in [1.29, 1.82) is 0 Å². The summed E-state index contributed by atoms with van der Waals surface area (Å²) in [6.45, 7) is 0. The standard InChI is InChI=1S/C8H6BrCl2NO/c9-8-5(7(13)3-10)1-4(12)2-6(8)11/h1-2H,3,12H2. The highest BCUT2D eigenvalue weighted by molar-refractivity contribution is 9.10. The van der Waals surface area contributed by atoms with Crippen molar-refractivity contribution in [2.45, 2.75) is 0 Å². The molecule has 5 heteroatoms. The van der Waals surface area contributed by atoms with Gasteiger partial charge in [-0.15, -0.1) is 11.6 Å². The van der Waals surface area contributed by atoms with Crippen LogP contribution in [0, 0.1) is 0 Å². The Labute approximate surface area is 94.1 Å².